The second kappa shape index (κ2) is 9.03. The van der Waals surface area contributed by atoms with E-state index in [1.165, 1.54) is 17.0 Å². The predicted octanol–water partition coefficient (Wildman–Crippen LogP) is 4.40. The maximum Gasteiger partial charge on any atom is 0.295 e. The van der Waals surface area contributed by atoms with Crippen LogP contribution in [0, 0.1) is 0 Å². The second-order valence-corrected chi connectivity index (χ2v) is 7.63. The maximum absolute atomic E-state index is 12.9. The average molecular weight is 409 g/mol. The Morgan fingerprint density at radius 2 is 1.83 bits per heavy atom. The third-order valence-electron chi connectivity index (χ3n) is 4.98. The lowest BCUT2D eigenvalue weighted by molar-refractivity contribution is -0.139. The van der Waals surface area contributed by atoms with Crippen LogP contribution in [0.5, 0.6) is 11.5 Å². The number of amides is 1. The minimum Gasteiger partial charge on any atom is -0.508 e. The normalized spacial score (nSPS) is 18.3. The number of phenols is 1. The number of carbonyl (C=O) groups excluding carboxylic acids is 2. The Balaban J connectivity index is 2.08. The first-order valence-corrected chi connectivity index (χ1v) is 10.2. The Bertz CT molecular complexity index is 962. The lowest BCUT2D eigenvalue weighted by Gasteiger charge is -2.25. The van der Waals surface area contributed by atoms with E-state index in [9.17, 15) is 19.8 Å². The van der Waals surface area contributed by atoms with Crippen molar-refractivity contribution in [1.29, 1.82) is 0 Å². The fraction of sp³-hybridized carbons (Fsp3) is 0.333. The number of aliphatic hydroxyl groups excluding tert-OH is 1. The zero-order chi connectivity index (χ0) is 21.8. The Labute approximate surface area is 176 Å². The predicted molar refractivity (Wildman–Crippen MR) is 114 cm³/mol. The van der Waals surface area contributed by atoms with Gasteiger partial charge in [-0.2, -0.15) is 0 Å². The molecule has 0 aliphatic carbocycles. The first-order chi connectivity index (χ1) is 14.3. The summed E-state index contributed by atoms with van der Waals surface area (Å²) in [7, 11) is 0. The molecule has 158 valence electrons. The molecule has 1 unspecified atom stereocenters. The summed E-state index contributed by atoms with van der Waals surface area (Å²) in [5.74, 6) is -0.924. The van der Waals surface area contributed by atoms with Gasteiger partial charge < -0.3 is 19.8 Å². The molecule has 1 saturated heterocycles. The summed E-state index contributed by atoms with van der Waals surface area (Å²) in [5.41, 5.74) is 1.02. The fourth-order valence-electron chi connectivity index (χ4n) is 3.60. The Kier molecular flexibility index (Phi) is 6.45. The van der Waals surface area contributed by atoms with Gasteiger partial charge in [0, 0.05) is 12.1 Å². The van der Waals surface area contributed by atoms with E-state index in [1.807, 2.05) is 20.8 Å². The summed E-state index contributed by atoms with van der Waals surface area (Å²) in [6.07, 6.45) is 1.59. The van der Waals surface area contributed by atoms with E-state index in [0.717, 1.165) is 12.8 Å². The zero-order valence-corrected chi connectivity index (χ0v) is 17.5. The van der Waals surface area contributed by atoms with Crippen molar-refractivity contribution in [2.45, 2.75) is 45.8 Å². The molecule has 6 nitrogen and oxygen atoms in total. The van der Waals surface area contributed by atoms with Gasteiger partial charge in [0.1, 0.15) is 17.3 Å². The maximum atomic E-state index is 12.9. The number of ketones is 1. The van der Waals surface area contributed by atoms with Crippen molar-refractivity contribution in [3.63, 3.8) is 0 Å². The van der Waals surface area contributed by atoms with E-state index in [2.05, 4.69) is 0 Å². The molecule has 1 aliphatic rings. The summed E-state index contributed by atoms with van der Waals surface area (Å²) in [5, 5.41) is 20.9. The highest BCUT2D eigenvalue weighted by atomic mass is 16.5. The Morgan fingerprint density at radius 1 is 1.13 bits per heavy atom. The molecule has 0 spiro atoms. The van der Waals surface area contributed by atoms with E-state index in [4.69, 9.17) is 4.74 Å². The number of nitrogens with zero attached hydrogens (tertiary/aromatic N) is 1. The highest BCUT2D eigenvalue weighted by Crippen LogP contribution is 2.40. The van der Waals surface area contributed by atoms with Crippen molar-refractivity contribution >= 4 is 17.4 Å². The Hall–Kier alpha value is -3.28. The molecule has 30 heavy (non-hydrogen) atoms. The minimum atomic E-state index is -0.754. The van der Waals surface area contributed by atoms with E-state index >= 15 is 0 Å². The van der Waals surface area contributed by atoms with Crippen LogP contribution < -0.4 is 4.74 Å². The van der Waals surface area contributed by atoms with Crippen molar-refractivity contribution in [2.24, 2.45) is 0 Å². The van der Waals surface area contributed by atoms with E-state index in [0.29, 0.717) is 23.4 Å². The van der Waals surface area contributed by atoms with Gasteiger partial charge >= 0.3 is 0 Å². The van der Waals surface area contributed by atoms with Gasteiger partial charge in [0.15, 0.2) is 0 Å². The van der Waals surface area contributed by atoms with Crippen molar-refractivity contribution in [3.05, 3.63) is 65.2 Å². The number of carbonyl (C=O) groups is 2. The van der Waals surface area contributed by atoms with Crippen LogP contribution in [0.3, 0.4) is 0 Å². The van der Waals surface area contributed by atoms with Crippen LogP contribution in [-0.4, -0.2) is 39.5 Å². The van der Waals surface area contributed by atoms with E-state index < -0.39 is 17.7 Å². The molecule has 1 fully saturated rings. The highest BCUT2D eigenvalue weighted by Gasteiger charge is 2.45. The average Bonchev–Trinajstić information content (AvgIpc) is 2.96. The quantitative estimate of drug-likeness (QED) is 0.402. The van der Waals surface area contributed by atoms with Gasteiger partial charge in [-0.3, -0.25) is 9.59 Å². The van der Waals surface area contributed by atoms with Crippen LogP contribution in [0.2, 0.25) is 0 Å². The van der Waals surface area contributed by atoms with Gasteiger partial charge in [-0.05, 0) is 62.2 Å². The number of aliphatic hydroxyl groups is 1. The number of Topliss-reactive ketones (excluding diaryl/α,β-unsaturated/α-hetero) is 1. The van der Waals surface area contributed by atoms with Crippen LogP contribution in [0.15, 0.2) is 54.1 Å². The lowest BCUT2D eigenvalue weighted by atomic mass is 9.95. The standard InChI is InChI=1S/C24H27NO5/c1-4-5-13-25-21(17-7-6-8-18(26)14-17)20(23(28)24(25)29)22(27)16-9-11-19(12-10-16)30-15(2)3/h6-12,14-15,21,26-27H,4-5,13H2,1-3H3/b22-20-. The van der Waals surface area contributed by atoms with Crippen molar-refractivity contribution in [1.82, 2.24) is 4.90 Å². The van der Waals surface area contributed by atoms with Gasteiger partial charge in [0.25, 0.3) is 11.7 Å². The second-order valence-electron chi connectivity index (χ2n) is 7.63. The van der Waals surface area contributed by atoms with Crippen LogP contribution in [0.1, 0.15) is 50.8 Å². The first kappa shape index (κ1) is 21.4. The molecular formula is C24H27NO5. The molecule has 1 heterocycles. The highest BCUT2D eigenvalue weighted by molar-refractivity contribution is 6.46. The SMILES string of the molecule is CCCCN1C(=O)C(=O)/C(=C(\O)c2ccc(OC(C)C)cc2)C1c1cccc(O)c1. The zero-order valence-electron chi connectivity index (χ0n) is 17.5. The summed E-state index contributed by atoms with van der Waals surface area (Å²) in [6, 6.07) is 12.4. The molecule has 3 rings (SSSR count). The van der Waals surface area contributed by atoms with E-state index in [1.54, 1.807) is 36.4 Å². The summed E-state index contributed by atoms with van der Waals surface area (Å²) >= 11 is 0. The number of ether oxygens (including phenoxy) is 1. The van der Waals surface area contributed by atoms with Crippen LogP contribution in [0.4, 0.5) is 0 Å². The topological polar surface area (TPSA) is 87.1 Å². The van der Waals surface area contributed by atoms with Gasteiger partial charge in [0.2, 0.25) is 0 Å². The Morgan fingerprint density at radius 3 is 2.43 bits per heavy atom. The number of hydrogen-bond donors (Lipinski definition) is 2. The van der Waals surface area contributed by atoms with Gasteiger partial charge in [0.05, 0.1) is 17.7 Å². The molecule has 2 aromatic rings. The number of benzene rings is 2. The number of unbranched alkanes of at least 4 members (excludes halogenated alkanes) is 1. The molecule has 1 atom stereocenters. The van der Waals surface area contributed by atoms with Crippen molar-refractivity contribution in [2.75, 3.05) is 6.54 Å². The molecule has 2 aromatic carbocycles. The first-order valence-electron chi connectivity index (χ1n) is 10.2. The van der Waals surface area contributed by atoms with Crippen LogP contribution in [0.25, 0.3) is 5.76 Å². The monoisotopic (exact) mass is 409 g/mol. The number of aromatic hydroxyl groups is 1. The lowest BCUT2D eigenvalue weighted by Crippen LogP contribution is -2.30. The van der Waals surface area contributed by atoms with E-state index in [-0.39, 0.29) is 23.2 Å². The van der Waals surface area contributed by atoms with Crippen molar-refractivity contribution < 1.29 is 24.5 Å². The molecular weight excluding hydrogens is 382 g/mol. The molecule has 0 radical (unpaired) electrons. The minimum absolute atomic E-state index is 0.0131. The molecule has 0 aromatic heterocycles. The molecule has 2 N–H and O–H groups in total. The number of phenolic OH excluding ortho intramolecular Hbond substituents is 1. The van der Waals surface area contributed by atoms with Crippen LogP contribution in [-0.2, 0) is 9.59 Å². The molecule has 6 heteroatoms. The van der Waals surface area contributed by atoms with Gasteiger partial charge in [-0.15, -0.1) is 0 Å². The summed E-state index contributed by atoms with van der Waals surface area (Å²) < 4.78 is 5.62. The van der Waals surface area contributed by atoms with Crippen LogP contribution >= 0.6 is 0 Å². The molecule has 0 bridgehead atoms. The molecule has 0 saturated carbocycles. The molecule has 1 amide bonds. The largest absolute Gasteiger partial charge is 0.508 e. The smallest absolute Gasteiger partial charge is 0.295 e. The number of likely N-dealkylation sites (tertiary alicyclic amines) is 1. The van der Waals surface area contributed by atoms with Gasteiger partial charge in [-0.25, -0.2) is 0 Å². The summed E-state index contributed by atoms with van der Waals surface area (Å²) in [6.45, 7) is 6.22. The van der Waals surface area contributed by atoms with Crippen molar-refractivity contribution in [3.8, 4) is 11.5 Å². The number of rotatable bonds is 7. The fourth-order valence-corrected chi connectivity index (χ4v) is 3.60. The summed E-state index contributed by atoms with van der Waals surface area (Å²) in [4.78, 5) is 27.1. The third kappa shape index (κ3) is 4.32. The third-order valence-corrected chi connectivity index (χ3v) is 4.98. The molecule has 1 aliphatic heterocycles. The number of hydrogen-bond acceptors (Lipinski definition) is 5. The van der Waals surface area contributed by atoms with Gasteiger partial charge in [-0.1, -0.05) is 25.5 Å².